The number of nitrogens with zero attached hydrogens (tertiary/aromatic N) is 3. The number of piperidine rings is 1. The highest BCUT2D eigenvalue weighted by Gasteiger charge is 2.49. The first-order valence-electron chi connectivity index (χ1n) is 15.9. The van der Waals surface area contributed by atoms with Gasteiger partial charge in [-0.15, -0.1) is 0 Å². The van der Waals surface area contributed by atoms with E-state index >= 15 is 0 Å². The molecule has 224 valence electrons. The van der Waals surface area contributed by atoms with Gasteiger partial charge in [-0.25, -0.2) is 9.78 Å². The van der Waals surface area contributed by atoms with E-state index in [9.17, 15) is 9.90 Å². The molecule has 0 unspecified atom stereocenters. The van der Waals surface area contributed by atoms with E-state index in [1.165, 1.54) is 50.6 Å². The fraction of sp³-hybridized carbons (Fsp3) is 0.444. The molecule has 3 aliphatic rings. The number of nitrogens with one attached hydrogen (secondary N) is 1. The van der Waals surface area contributed by atoms with Gasteiger partial charge in [0.05, 0.1) is 6.20 Å². The van der Waals surface area contributed by atoms with E-state index in [4.69, 9.17) is 4.74 Å². The summed E-state index contributed by atoms with van der Waals surface area (Å²) in [5.74, 6) is 0.449. The molecule has 0 bridgehead atoms. The number of benzene rings is 2. The number of likely N-dealkylation sites (tertiary alicyclic amines) is 2. The monoisotopic (exact) mass is 578 g/mol. The molecule has 4 heterocycles. The van der Waals surface area contributed by atoms with E-state index < -0.39 is 5.97 Å². The highest BCUT2D eigenvalue weighted by Crippen LogP contribution is 2.54. The van der Waals surface area contributed by atoms with Crippen molar-refractivity contribution in [2.45, 2.75) is 76.9 Å². The van der Waals surface area contributed by atoms with Crippen LogP contribution in [0, 0.1) is 5.41 Å². The van der Waals surface area contributed by atoms with Gasteiger partial charge < -0.3 is 14.8 Å². The summed E-state index contributed by atoms with van der Waals surface area (Å²) in [7, 11) is 0. The molecule has 2 aromatic carbocycles. The highest BCUT2D eigenvalue weighted by molar-refractivity contribution is 5.91. The maximum atomic E-state index is 11.9. The van der Waals surface area contributed by atoms with Gasteiger partial charge in [0.2, 0.25) is 0 Å². The molecule has 1 aliphatic carbocycles. The quantitative estimate of drug-likeness (QED) is 0.222. The van der Waals surface area contributed by atoms with Crippen molar-refractivity contribution >= 4 is 17.0 Å². The first-order chi connectivity index (χ1) is 20.9. The van der Waals surface area contributed by atoms with Crippen LogP contribution in [0.4, 0.5) is 0 Å². The Kier molecular flexibility index (Phi) is 7.48. The fourth-order valence-electron chi connectivity index (χ4n) is 7.96. The largest absolute Gasteiger partial charge is 0.478 e. The molecule has 0 amide bonds. The third-order valence-corrected chi connectivity index (χ3v) is 10.3. The Balaban J connectivity index is 0.975. The molecule has 1 atom stereocenters. The van der Waals surface area contributed by atoms with Crippen LogP contribution in [0.25, 0.3) is 11.0 Å². The molecule has 7 rings (SSSR count). The highest BCUT2D eigenvalue weighted by atomic mass is 16.5. The lowest BCUT2D eigenvalue weighted by atomic mass is 9.59. The number of aromatic carboxylic acids is 1. The minimum atomic E-state index is -0.996. The number of carboxylic acids is 1. The Morgan fingerprint density at radius 1 is 1.09 bits per heavy atom. The topological polar surface area (TPSA) is 81.7 Å². The maximum Gasteiger partial charge on any atom is 0.339 e. The zero-order valence-electron chi connectivity index (χ0n) is 25.3. The number of H-pyrrole nitrogens is 1. The van der Waals surface area contributed by atoms with Gasteiger partial charge in [0.15, 0.2) is 0 Å². The van der Waals surface area contributed by atoms with E-state index in [1.54, 1.807) is 17.8 Å². The van der Waals surface area contributed by atoms with Gasteiger partial charge in [-0.2, -0.15) is 0 Å². The van der Waals surface area contributed by atoms with Gasteiger partial charge in [-0.05, 0) is 110 Å². The fourth-order valence-corrected chi connectivity index (χ4v) is 7.96. The van der Waals surface area contributed by atoms with Crippen LogP contribution >= 0.6 is 0 Å². The molecule has 2 aliphatic heterocycles. The number of pyridine rings is 1. The molecule has 0 radical (unpaired) electrons. The van der Waals surface area contributed by atoms with Crippen molar-refractivity contribution in [3.63, 3.8) is 0 Å². The molecule has 7 nitrogen and oxygen atoms in total. The lowest BCUT2D eigenvalue weighted by Crippen LogP contribution is -2.54. The summed E-state index contributed by atoms with van der Waals surface area (Å²) in [4.78, 5) is 24.8. The van der Waals surface area contributed by atoms with Crippen LogP contribution < -0.4 is 4.74 Å². The average Bonchev–Trinajstić information content (AvgIpc) is 3.66. The third kappa shape index (κ3) is 5.56. The minimum Gasteiger partial charge on any atom is -0.478 e. The summed E-state index contributed by atoms with van der Waals surface area (Å²) in [6, 6.07) is 19.7. The molecule has 4 aromatic rings. The van der Waals surface area contributed by atoms with Gasteiger partial charge >= 0.3 is 5.97 Å². The number of carbonyl (C=O) groups is 1. The number of hydrogen-bond donors (Lipinski definition) is 2. The second-order valence-corrected chi connectivity index (χ2v) is 13.3. The number of carboxylic acid groups (broad SMARTS) is 1. The zero-order valence-corrected chi connectivity index (χ0v) is 25.3. The lowest BCUT2D eigenvalue weighted by molar-refractivity contribution is -0.0487. The number of rotatable bonds is 8. The van der Waals surface area contributed by atoms with Crippen LogP contribution in [0.15, 0.2) is 67.0 Å². The Labute approximate surface area is 253 Å². The van der Waals surface area contributed by atoms with Crippen molar-refractivity contribution < 1.29 is 14.6 Å². The van der Waals surface area contributed by atoms with Gasteiger partial charge in [0.25, 0.3) is 0 Å². The Morgan fingerprint density at radius 3 is 2.70 bits per heavy atom. The van der Waals surface area contributed by atoms with Crippen molar-refractivity contribution in [3.8, 4) is 11.5 Å². The van der Waals surface area contributed by atoms with Crippen molar-refractivity contribution in [2.75, 3.05) is 19.6 Å². The normalized spacial score (nSPS) is 21.0. The van der Waals surface area contributed by atoms with E-state index in [1.807, 2.05) is 30.5 Å². The van der Waals surface area contributed by atoms with E-state index in [2.05, 4.69) is 57.9 Å². The van der Waals surface area contributed by atoms with Crippen LogP contribution in [-0.2, 0) is 6.54 Å². The molecule has 3 fully saturated rings. The molecule has 2 N–H and O–H groups in total. The van der Waals surface area contributed by atoms with Crippen molar-refractivity contribution in [2.24, 2.45) is 5.41 Å². The number of fused-ring (bicyclic) bond motifs is 1. The summed E-state index contributed by atoms with van der Waals surface area (Å²) < 4.78 is 6.08. The second-order valence-electron chi connectivity index (χ2n) is 13.3. The summed E-state index contributed by atoms with van der Waals surface area (Å²) in [5, 5.41) is 10.7. The van der Waals surface area contributed by atoms with Gasteiger partial charge in [0.1, 0.15) is 22.7 Å². The van der Waals surface area contributed by atoms with Crippen LogP contribution in [0.5, 0.6) is 11.5 Å². The van der Waals surface area contributed by atoms with Crippen LogP contribution in [0.1, 0.15) is 91.4 Å². The Hall–Kier alpha value is -3.68. The number of aromatic nitrogens is 2. The lowest BCUT2D eigenvalue weighted by Gasteiger charge is -2.56. The summed E-state index contributed by atoms with van der Waals surface area (Å²) in [5.41, 5.74) is 5.57. The molecule has 1 spiro atoms. The number of aromatic amines is 1. The van der Waals surface area contributed by atoms with Crippen molar-refractivity contribution in [3.05, 3.63) is 89.2 Å². The first-order valence-corrected chi connectivity index (χ1v) is 15.9. The predicted molar refractivity (Wildman–Crippen MR) is 169 cm³/mol. The van der Waals surface area contributed by atoms with E-state index in [0.717, 1.165) is 36.2 Å². The summed E-state index contributed by atoms with van der Waals surface area (Å²) in [6.07, 6.45) is 11.2. The summed E-state index contributed by atoms with van der Waals surface area (Å²) in [6.45, 7) is 8.83. The Morgan fingerprint density at radius 2 is 1.91 bits per heavy atom. The van der Waals surface area contributed by atoms with Gasteiger partial charge in [0, 0.05) is 30.2 Å². The van der Waals surface area contributed by atoms with Gasteiger partial charge in [-0.1, -0.05) is 44.2 Å². The number of ether oxygens (including phenoxy) is 1. The van der Waals surface area contributed by atoms with Gasteiger partial charge in [-0.3, -0.25) is 9.80 Å². The molecular weight excluding hydrogens is 536 g/mol. The zero-order chi connectivity index (χ0) is 29.6. The second kappa shape index (κ2) is 11.4. The number of hydrogen-bond acceptors (Lipinski definition) is 5. The average molecular weight is 579 g/mol. The Bertz CT molecular complexity index is 1610. The molecular formula is C36H42N4O3. The molecule has 2 saturated heterocycles. The third-order valence-electron chi connectivity index (χ3n) is 10.3. The molecule has 2 aromatic heterocycles. The van der Waals surface area contributed by atoms with E-state index in [-0.39, 0.29) is 5.56 Å². The molecule has 1 saturated carbocycles. The van der Waals surface area contributed by atoms with E-state index in [0.29, 0.717) is 34.9 Å². The van der Waals surface area contributed by atoms with Crippen molar-refractivity contribution in [1.29, 1.82) is 0 Å². The van der Waals surface area contributed by atoms with Crippen LogP contribution in [-0.4, -0.2) is 56.5 Å². The minimum absolute atomic E-state index is 0.159. The molecule has 43 heavy (non-hydrogen) atoms. The standard InChI is InChI=1S/C36H42N4O3/c1-24(2)29-6-3-4-7-30(29)32-8-5-15-40(32)27-20-36(21-27)12-16-39(17-13-36)23-25-9-10-31(35(41)42)33(18-25)43-28-19-26-11-14-37-34(26)38-22-28/h3-4,6-7,9-11,14,18-19,22,24,27,32H,5,8,12-13,15-17,20-21,23H2,1-2H3,(H,37,38)(H,41,42)/t32-/m0/s1. The van der Waals surface area contributed by atoms with Crippen LogP contribution in [0.3, 0.4) is 0 Å². The SMILES string of the molecule is CC(C)c1ccccc1[C@@H]1CCCN1C1CC2(CCN(Cc3ccc(C(=O)O)c(Oc4cnc5[nH]ccc5c4)c3)CC2)C1. The maximum absolute atomic E-state index is 11.9. The van der Waals surface area contributed by atoms with Crippen LogP contribution in [0.2, 0.25) is 0 Å². The van der Waals surface area contributed by atoms with Crippen molar-refractivity contribution in [1.82, 2.24) is 19.8 Å². The molecule has 7 heteroatoms. The predicted octanol–water partition coefficient (Wildman–Crippen LogP) is 7.76. The first kappa shape index (κ1) is 28.1. The smallest absolute Gasteiger partial charge is 0.339 e. The summed E-state index contributed by atoms with van der Waals surface area (Å²) >= 11 is 0.